The van der Waals surface area contributed by atoms with Crippen molar-refractivity contribution in [1.82, 2.24) is 9.88 Å². The molecule has 0 radical (unpaired) electrons. The Morgan fingerprint density at radius 3 is 2.65 bits per heavy atom. The number of nitrogens with one attached hydrogen (secondary N) is 1. The number of thiazole rings is 1. The number of anilines is 1. The van der Waals surface area contributed by atoms with Crippen molar-refractivity contribution in [2.24, 2.45) is 0 Å². The van der Waals surface area contributed by atoms with Gasteiger partial charge >= 0.3 is 0 Å². The second-order valence-corrected chi connectivity index (χ2v) is 7.72. The van der Waals surface area contributed by atoms with E-state index in [2.05, 4.69) is 9.71 Å². The molecule has 9 heteroatoms. The molecule has 7 nitrogen and oxygen atoms in total. The van der Waals surface area contributed by atoms with E-state index < -0.39 is 15.6 Å². The molecule has 1 rings (SSSR count). The van der Waals surface area contributed by atoms with Gasteiger partial charge in [-0.2, -0.15) is 0 Å². The maximum absolute atomic E-state index is 12.1. The van der Waals surface area contributed by atoms with Crippen molar-refractivity contribution >= 4 is 32.4 Å². The maximum atomic E-state index is 12.1. The average Bonchev–Trinajstić information content (AvgIpc) is 2.72. The summed E-state index contributed by atoms with van der Waals surface area (Å²) < 4.78 is 24.4. The normalized spacial score (nSPS) is 12.2. The largest absolute Gasteiger partial charge is 0.394 e. The van der Waals surface area contributed by atoms with Crippen LogP contribution in [0.25, 0.3) is 0 Å². The number of carbonyl (C=O) groups is 1. The van der Waals surface area contributed by atoms with Gasteiger partial charge in [-0.05, 0) is 13.8 Å². The first-order valence-corrected chi connectivity index (χ1v) is 8.62. The van der Waals surface area contributed by atoms with E-state index in [0.29, 0.717) is 5.69 Å². The molecule has 0 bridgehead atoms. The van der Waals surface area contributed by atoms with E-state index in [1.165, 1.54) is 4.90 Å². The SMILES string of the molecule is CN(C(=O)Cc1csc(NS(C)(=O)=O)n1)C(C)(C)CO. The Balaban J connectivity index is 2.73. The van der Waals surface area contributed by atoms with Gasteiger partial charge in [0.15, 0.2) is 5.13 Å². The van der Waals surface area contributed by atoms with Gasteiger partial charge in [0.05, 0.1) is 30.5 Å². The summed E-state index contributed by atoms with van der Waals surface area (Å²) in [7, 11) is -1.75. The fourth-order valence-electron chi connectivity index (χ4n) is 1.31. The van der Waals surface area contributed by atoms with Crippen LogP contribution in [-0.4, -0.2) is 54.8 Å². The minimum absolute atomic E-state index is 0.0574. The number of nitrogens with zero attached hydrogens (tertiary/aromatic N) is 2. The molecule has 1 amide bonds. The van der Waals surface area contributed by atoms with Crippen LogP contribution >= 0.6 is 11.3 Å². The predicted octanol–water partition coefficient (Wildman–Crippen LogP) is 0.286. The summed E-state index contributed by atoms with van der Waals surface area (Å²) in [4.78, 5) is 17.6. The van der Waals surface area contributed by atoms with Crippen LogP contribution in [0.2, 0.25) is 0 Å². The molecule has 0 atom stereocenters. The first-order chi connectivity index (χ1) is 9.05. The number of carbonyl (C=O) groups excluding carboxylic acids is 1. The van der Waals surface area contributed by atoms with Gasteiger partial charge in [0.25, 0.3) is 0 Å². The van der Waals surface area contributed by atoms with Gasteiger partial charge in [0, 0.05) is 12.4 Å². The Labute approximate surface area is 122 Å². The monoisotopic (exact) mass is 321 g/mol. The van der Waals surface area contributed by atoms with Crippen molar-refractivity contribution in [1.29, 1.82) is 0 Å². The standard InChI is InChI=1S/C11H19N3O4S2/c1-11(2,7-15)14(3)9(16)5-8-6-19-10(12-8)13-20(4,17)18/h6,15H,5,7H2,1-4H3,(H,12,13). The highest BCUT2D eigenvalue weighted by atomic mass is 32.2. The molecule has 0 aliphatic rings. The fourth-order valence-corrected chi connectivity index (χ4v) is 2.87. The number of hydrogen-bond acceptors (Lipinski definition) is 6. The lowest BCUT2D eigenvalue weighted by atomic mass is 10.0. The molecule has 1 aromatic rings. The molecule has 0 aliphatic carbocycles. The molecule has 1 aromatic heterocycles. The van der Waals surface area contributed by atoms with Crippen LogP contribution in [0.5, 0.6) is 0 Å². The molecular weight excluding hydrogens is 302 g/mol. The number of likely N-dealkylation sites (N-methyl/N-ethyl adjacent to an activating group) is 1. The van der Waals surface area contributed by atoms with Crippen LogP contribution in [0.3, 0.4) is 0 Å². The first-order valence-electron chi connectivity index (χ1n) is 5.85. The van der Waals surface area contributed by atoms with Gasteiger partial charge < -0.3 is 10.0 Å². The molecule has 0 fully saturated rings. The molecule has 20 heavy (non-hydrogen) atoms. The lowest BCUT2D eigenvalue weighted by molar-refractivity contribution is -0.135. The zero-order valence-corrected chi connectivity index (χ0v) is 13.5. The second kappa shape index (κ2) is 6.06. The third-order valence-corrected chi connectivity index (χ3v) is 4.33. The average molecular weight is 321 g/mol. The summed E-state index contributed by atoms with van der Waals surface area (Å²) in [6, 6.07) is 0. The highest BCUT2D eigenvalue weighted by Crippen LogP contribution is 2.18. The number of aliphatic hydroxyl groups is 1. The molecule has 2 N–H and O–H groups in total. The molecule has 0 saturated carbocycles. The van der Waals surface area contributed by atoms with E-state index >= 15 is 0 Å². The second-order valence-electron chi connectivity index (χ2n) is 5.12. The molecule has 114 valence electrons. The molecule has 0 saturated heterocycles. The van der Waals surface area contributed by atoms with Crippen LogP contribution in [-0.2, 0) is 21.2 Å². The van der Waals surface area contributed by atoms with Crippen molar-refractivity contribution in [3.05, 3.63) is 11.1 Å². The molecule has 0 aromatic carbocycles. The topological polar surface area (TPSA) is 99.6 Å². The first kappa shape index (κ1) is 16.9. The van der Waals surface area contributed by atoms with E-state index in [1.54, 1.807) is 26.3 Å². The number of aliphatic hydroxyl groups excluding tert-OH is 1. The fraction of sp³-hybridized carbons (Fsp3) is 0.636. The Morgan fingerprint density at radius 2 is 2.15 bits per heavy atom. The molecule has 0 aliphatic heterocycles. The maximum Gasteiger partial charge on any atom is 0.231 e. The van der Waals surface area contributed by atoms with Crippen LogP contribution in [0.4, 0.5) is 5.13 Å². The Hall–Kier alpha value is -1.19. The van der Waals surface area contributed by atoms with E-state index in [9.17, 15) is 18.3 Å². The summed E-state index contributed by atoms with van der Waals surface area (Å²) in [5, 5.41) is 11.1. The number of aromatic nitrogens is 1. The smallest absolute Gasteiger partial charge is 0.231 e. The minimum Gasteiger partial charge on any atom is -0.394 e. The molecule has 0 unspecified atom stereocenters. The van der Waals surface area contributed by atoms with Crippen molar-refractivity contribution in [3.8, 4) is 0 Å². The molecule has 1 heterocycles. The number of sulfonamides is 1. The van der Waals surface area contributed by atoms with E-state index in [0.717, 1.165) is 17.6 Å². The number of hydrogen-bond donors (Lipinski definition) is 2. The molecular formula is C11H19N3O4S2. The number of amides is 1. The third-order valence-electron chi connectivity index (χ3n) is 2.83. The van der Waals surface area contributed by atoms with Crippen LogP contribution in [0.15, 0.2) is 5.38 Å². The zero-order valence-electron chi connectivity index (χ0n) is 11.9. The van der Waals surface area contributed by atoms with Crippen LogP contribution in [0, 0.1) is 0 Å². The Morgan fingerprint density at radius 1 is 1.55 bits per heavy atom. The van der Waals surface area contributed by atoms with Crippen LogP contribution < -0.4 is 4.72 Å². The van der Waals surface area contributed by atoms with Gasteiger partial charge in [-0.3, -0.25) is 9.52 Å². The summed E-state index contributed by atoms with van der Waals surface area (Å²) in [5.74, 6) is -0.194. The highest BCUT2D eigenvalue weighted by molar-refractivity contribution is 7.92. The van der Waals surface area contributed by atoms with Crippen LogP contribution in [0.1, 0.15) is 19.5 Å². The van der Waals surface area contributed by atoms with Crippen molar-refractivity contribution in [3.63, 3.8) is 0 Å². The van der Waals surface area contributed by atoms with E-state index in [1.807, 2.05) is 0 Å². The lowest BCUT2D eigenvalue weighted by Gasteiger charge is -2.33. The Kier molecular flexibility index (Phi) is 5.11. The van der Waals surface area contributed by atoms with E-state index in [4.69, 9.17) is 0 Å². The lowest BCUT2D eigenvalue weighted by Crippen LogP contribution is -2.48. The quantitative estimate of drug-likeness (QED) is 0.784. The summed E-state index contributed by atoms with van der Waals surface area (Å²) >= 11 is 1.12. The predicted molar refractivity (Wildman–Crippen MR) is 78.2 cm³/mol. The zero-order chi connectivity index (χ0) is 15.6. The summed E-state index contributed by atoms with van der Waals surface area (Å²) in [5.41, 5.74) is -0.159. The van der Waals surface area contributed by atoms with E-state index in [-0.39, 0.29) is 24.1 Å². The Bertz CT molecular complexity index is 580. The van der Waals surface area contributed by atoms with Gasteiger partial charge in [-0.25, -0.2) is 13.4 Å². The van der Waals surface area contributed by atoms with Gasteiger partial charge in [0.1, 0.15) is 0 Å². The van der Waals surface area contributed by atoms with Gasteiger partial charge in [-0.1, -0.05) is 0 Å². The summed E-state index contributed by atoms with van der Waals surface area (Å²) in [6.07, 6.45) is 1.10. The van der Waals surface area contributed by atoms with Gasteiger partial charge in [-0.15, -0.1) is 11.3 Å². The number of rotatable bonds is 6. The molecule has 0 spiro atoms. The van der Waals surface area contributed by atoms with Crippen molar-refractivity contribution in [2.75, 3.05) is 24.6 Å². The van der Waals surface area contributed by atoms with Gasteiger partial charge in [0.2, 0.25) is 15.9 Å². The van der Waals surface area contributed by atoms with Crippen molar-refractivity contribution < 1.29 is 18.3 Å². The van der Waals surface area contributed by atoms with Crippen molar-refractivity contribution in [2.45, 2.75) is 25.8 Å². The third kappa shape index (κ3) is 4.73. The highest BCUT2D eigenvalue weighted by Gasteiger charge is 2.27. The summed E-state index contributed by atoms with van der Waals surface area (Å²) in [6.45, 7) is 3.36. The minimum atomic E-state index is -3.37.